The van der Waals surface area contributed by atoms with E-state index in [0.29, 0.717) is 12.4 Å². The fraction of sp³-hybridized carbons (Fsp3) is 0.364. The zero-order valence-electron chi connectivity index (χ0n) is 7.85. The lowest BCUT2D eigenvalue weighted by Gasteiger charge is -2.17. The van der Waals surface area contributed by atoms with E-state index >= 15 is 0 Å². The van der Waals surface area contributed by atoms with Gasteiger partial charge in [-0.15, -0.1) is 0 Å². The Morgan fingerprint density at radius 3 is 2.86 bits per heavy atom. The molecule has 1 aliphatic rings. The third-order valence-electron chi connectivity index (χ3n) is 2.60. The number of benzene rings is 1. The van der Waals surface area contributed by atoms with Crippen LogP contribution < -0.4 is 5.32 Å². The van der Waals surface area contributed by atoms with Gasteiger partial charge in [0.15, 0.2) is 6.23 Å². The van der Waals surface area contributed by atoms with Crippen LogP contribution in [0.2, 0.25) is 0 Å². The first-order valence-corrected chi connectivity index (χ1v) is 4.79. The van der Waals surface area contributed by atoms with Crippen molar-refractivity contribution in [3.63, 3.8) is 0 Å². The molecule has 0 spiro atoms. The van der Waals surface area contributed by atoms with E-state index < -0.39 is 0 Å². The van der Waals surface area contributed by atoms with E-state index in [1.54, 1.807) is 0 Å². The van der Waals surface area contributed by atoms with Crippen molar-refractivity contribution >= 4 is 6.47 Å². The standard InChI is InChI=1S/C11H13NO2/c13-8-14-11-10(6-7-12-11)9-4-2-1-3-5-9/h1-5,8,10-12H,6-7H2. The van der Waals surface area contributed by atoms with Gasteiger partial charge in [0.05, 0.1) is 0 Å². The van der Waals surface area contributed by atoms with E-state index in [9.17, 15) is 4.79 Å². The highest BCUT2D eigenvalue weighted by Gasteiger charge is 2.29. The average molecular weight is 191 g/mol. The van der Waals surface area contributed by atoms with Gasteiger partial charge in [-0.25, -0.2) is 0 Å². The summed E-state index contributed by atoms with van der Waals surface area (Å²) in [5.41, 5.74) is 1.23. The number of hydrogen-bond donors (Lipinski definition) is 1. The molecule has 3 nitrogen and oxygen atoms in total. The second-order valence-corrected chi connectivity index (χ2v) is 3.41. The minimum Gasteiger partial charge on any atom is -0.448 e. The number of hydrogen-bond acceptors (Lipinski definition) is 3. The van der Waals surface area contributed by atoms with Gasteiger partial charge >= 0.3 is 0 Å². The van der Waals surface area contributed by atoms with Gasteiger partial charge in [-0.3, -0.25) is 10.1 Å². The van der Waals surface area contributed by atoms with Crippen molar-refractivity contribution in [1.29, 1.82) is 0 Å². The smallest absolute Gasteiger partial charge is 0.294 e. The van der Waals surface area contributed by atoms with Gasteiger partial charge in [0.2, 0.25) is 0 Å². The molecule has 3 heteroatoms. The van der Waals surface area contributed by atoms with E-state index in [0.717, 1.165) is 13.0 Å². The molecule has 0 radical (unpaired) electrons. The van der Waals surface area contributed by atoms with Crippen molar-refractivity contribution in [2.24, 2.45) is 0 Å². The molecule has 2 unspecified atom stereocenters. The molecule has 1 saturated heterocycles. The second kappa shape index (κ2) is 4.24. The molecule has 2 atom stereocenters. The molecule has 1 aliphatic heterocycles. The van der Waals surface area contributed by atoms with Crippen LogP contribution >= 0.6 is 0 Å². The van der Waals surface area contributed by atoms with Gasteiger partial charge in [0.25, 0.3) is 6.47 Å². The molecule has 1 heterocycles. The number of ether oxygens (including phenoxy) is 1. The van der Waals surface area contributed by atoms with Gasteiger partial charge in [0.1, 0.15) is 0 Å². The molecule has 1 N–H and O–H groups in total. The lowest BCUT2D eigenvalue weighted by atomic mass is 9.97. The molecule has 1 aromatic carbocycles. The van der Waals surface area contributed by atoms with Crippen LogP contribution in [0.1, 0.15) is 17.9 Å². The average Bonchev–Trinajstić information content (AvgIpc) is 2.68. The van der Waals surface area contributed by atoms with Gasteiger partial charge in [-0.05, 0) is 18.5 Å². The van der Waals surface area contributed by atoms with Crippen LogP contribution in [0.15, 0.2) is 30.3 Å². The van der Waals surface area contributed by atoms with E-state index in [1.807, 2.05) is 18.2 Å². The van der Waals surface area contributed by atoms with Crippen LogP contribution in [0, 0.1) is 0 Å². The third kappa shape index (κ3) is 1.77. The number of nitrogens with one attached hydrogen (secondary N) is 1. The highest BCUT2D eigenvalue weighted by molar-refractivity contribution is 5.38. The Labute approximate surface area is 83.1 Å². The Morgan fingerprint density at radius 1 is 1.36 bits per heavy atom. The normalized spacial score (nSPS) is 26.0. The molecule has 14 heavy (non-hydrogen) atoms. The summed E-state index contributed by atoms with van der Waals surface area (Å²) in [7, 11) is 0. The van der Waals surface area contributed by atoms with Crippen molar-refractivity contribution in [3.8, 4) is 0 Å². The van der Waals surface area contributed by atoms with Gasteiger partial charge in [-0.1, -0.05) is 30.3 Å². The maximum absolute atomic E-state index is 10.3. The van der Waals surface area contributed by atoms with Gasteiger partial charge in [-0.2, -0.15) is 0 Å². The third-order valence-corrected chi connectivity index (χ3v) is 2.60. The second-order valence-electron chi connectivity index (χ2n) is 3.41. The molecule has 1 fully saturated rings. The summed E-state index contributed by atoms with van der Waals surface area (Å²) in [6.45, 7) is 1.41. The summed E-state index contributed by atoms with van der Waals surface area (Å²) in [6, 6.07) is 10.1. The van der Waals surface area contributed by atoms with Crippen molar-refractivity contribution in [1.82, 2.24) is 5.32 Å². The predicted octanol–water partition coefficient (Wildman–Crippen LogP) is 1.26. The summed E-state index contributed by atoms with van der Waals surface area (Å²) in [5.74, 6) is 0.293. The summed E-state index contributed by atoms with van der Waals surface area (Å²) >= 11 is 0. The van der Waals surface area contributed by atoms with E-state index in [1.165, 1.54) is 5.56 Å². The maximum Gasteiger partial charge on any atom is 0.294 e. The molecule has 0 aliphatic carbocycles. The first-order valence-electron chi connectivity index (χ1n) is 4.79. The lowest BCUT2D eigenvalue weighted by molar-refractivity contribution is -0.134. The summed E-state index contributed by atoms with van der Waals surface area (Å²) in [5, 5.41) is 3.15. The van der Waals surface area contributed by atoms with Crippen LogP contribution in [0.3, 0.4) is 0 Å². The molecule has 0 saturated carbocycles. The fourth-order valence-electron chi connectivity index (χ4n) is 1.92. The molecular weight excluding hydrogens is 178 g/mol. The van der Waals surface area contributed by atoms with Crippen molar-refractivity contribution in [2.75, 3.05) is 6.54 Å². The molecule has 0 aromatic heterocycles. The minimum absolute atomic E-state index is 0.158. The molecule has 74 valence electrons. The van der Waals surface area contributed by atoms with E-state index in [2.05, 4.69) is 17.4 Å². The summed E-state index contributed by atoms with van der Waals surface area (Å²) < 4.78 is 4.98. The zero-order chi connectivity index (χ0) is 9.80. The molecule has 0 amide bonds. The Hall–Kier alpha value is -1.35. The van der Waals surface area contributed by atoms with Crippen LogP contribution in [-0.4, -0.2) is 19.2 Å². The van der Waals surface area contributed by atoms with Crippen molar-refractivity contribution in [2.45, 2.75) is 18.6 Å². The molecule has 1 aromatic rings. The quantitative estimate of drug-likeness (QED) is 0.731. The van der Waals surface area contributed by atoms with Crippen LogP contribution in [0.5, 0.6) is 0 Å². The SMILES string of the molecule is O=COC1NCCC1c1ccccc1. The van der Waals surface area contributed by atoms with Crippen LogP contribution in [-0.2, 0) is 9.53 Å². The Bertz CT molecular complexity index is 299. The molecule has 0 bridgehead atoms. The van der Waals surface area contributed by atoms with E-state index in [4.69, 9.17) is 4.74 Å². The van der Waals surface area contributed by atoms with Gasteiger partial charge in [0, 0.05) is 5.92 Å². The fourth-order valence-corrected chi connectivity index (χ4v) is 1.92. The highest BCUT2D eigenvalue weighted by atomic mass is 16.5. The summed E-state index contributed by atoms with van der Waals surface area (Å²) in [6.07, 6.45) is 0.859. The number of carbonyl (C=O) groups is 1. The Balaban J connectivity index is 2.13. The molecule has 2 rings (SSSR count). The first-order chi connectivity index (χ1) is 6.92. The minimum atomic E-state index is -0.158. The zero-order valence-corrected chi connectivity index (χ0v) is 7.85. The van der Waals surface area contributed by atoms with E-state index in [-0.39, 0.29) is 6.23 Å². The highest BCUT2D eigenvalue weighted by Crippen LogP contribution is 2.27. The number of rotatable bonds is 3. The Kier molecular flexibility index (Phi) is 2.79. The lowest BCUT2D eigenvalue weighted by Crippen LogP contribution is -2.28. The van der Waals surface area contributed by atoms with Crippen molar-refractivity contribution in [3.05, 3.63) is 35.9 Å². The maximum atomic E-state index is 10.3. The monoisotopic (exact) mass is 191 g/mol. The van der Waals surface area contributed by atoms with Crippen LogP contribution in [0.25, 0.3) is 0 Å². The van der Waals surface area contributed by atoms with Crippen molar-refractivity contribution < 1.29 is 9.53 Å². The largest absolute Gasteiger partial charge is 0.448 e. The number of carbonyl (C=O) groups excluding carboxylic acids is 1. The predicted molar refractivity (Wildman–Crippen MR) is 52.7 cm³/mol. The topological polar surface area (TPSA) is 38.3 Å². The summed E-state index contributed by atoms with van der Waals surface area (Å²) in [4.78, 5) is 10.3. The molecular formula is C11H13NO2. The van der Waals surface area contributed by atoms with Gasteiger partial charge < -0.3 is 4.74 Å². The Morgan fingerprint density at radius 2 is 2.14 bits per heavy atom. The van der Waals surface area contributed by atoms with Crippen LogP contribution in [0.4, 0.5) is 0 Å². The first kappa shape index (κ1) is 9.21.